The van der Waals surface area contributed by atoms with Crippen molar-refractivity contribution >= 4 is 16.0 Å². The summed E-state index contributed by atoms with van der Waals surface area (Å²) in [4.78, 5) is 7.24. The number of hydrogen-bond acceptors (Lipinski definition) is 4. The highest BCUT2D eigenvalue weighted by Gasteiger charge is 2.30. The maximum atomic E-state index is 12.6. The van der Waals surface area contributed by atoms with Gasteiger partial charge in [-0.2, -0.15) is 0 Å². The van der Waals surface area contributed by atoms with E-state index in [4.69, 9.17) is 0 Å². The zero-order valence-electron chi connectivity index (χ0n) is 17.9. The Morgan fingerprint density at radius 3 is 2.66 bits per heavy atom. The zero-order chi connectivity index (χ0) is 20.9. The summed E-state index contributed by atoms with van der Waals surface area (Å²) < 4.78 is 27.8. The van der Waals surface area contributed by atoms with Crippen molar-refractivity contribution in [3.05, 3.63) is 29.3 Å². The van der Waals surface area contributed by atoms with Crippen molar-refractivity contribution in [3.8, 4) is 0 Å². The van der Waals surface area contributed by atoms with E-state index in [1.807, 2.05) is 26.0 Å². The third-order valence-electron chi connectivity index (χ3n) is 5.97. The van der Waals surface area contributed by atoms with Gasteiger partial charge in [-0.25, -0.2) is 13.1 Å². The van der Waals surface area contributed by atoms with Crippen LogP contribution in [0.1, 0.15) is 43.2 Å². The van der Waals surface area contributed by atoms with Gasteiger partial charge >= 0.3 is 0 Å². The number of benzene rings is 1. The molecule has 1 aliphatic heterocycles. The van der Waals surface area contributed by atoms with E-state index in [1.165, 1.54) is 25.7 Å². The van der Waals surface area contributed by atoms with Crippen molar-refractivity contribution in [3.63, 3.8) is 0 Å². The molecule has 1 aromatic rings. The molecule has 1 heterocycles. The molecule has 3 N–H and O–H groups in total. The Bertz CT molecular complexity index is 818. The lowest BCUT2D eigenvalue weighted by Crippen LogP contribution is -2.47. The predicted molar refractivity (Wildman–Crippen MR) is 118 cm³/mol. The van der Waals surface area contributed by atoms with E-state index in [1.54, 1.807) is 13.1 Å². The summed E-state index contributed by atoms with van der Waals surface area (Å²) in [6, 6.07) is 6.62. The molecule has 1 aromatic carbocycles. The average molecular weight is 422 g/mol. The fraction of sp³-hybridized carbons (Fsp3) is 0.667. The molecular formula is C21H35N5O2S. The standard InChI is InChI=1S/C21H35N5O2S/c1-16-8-9-17(2)20(14-16)29(27,28)24-12-11-23-21(22-3)25-18-10-13-26(15-18)19-6-4-5-7-19/h8-9,14,18-19,24H,4-7,10-13,15H2,1-3H3,(H2,22,23,25). The highest BCUT2D eigenvalue weighted by molar-refractivity contribution is 7.89. The van der Waals surface area contributed by atoms with Crippen LogP contribution in [0.15, 0.2) is 28.1 Å². The minimum atomic E-state index is -3.51. The van der Waals surface area contributed by atoms with E-state index in [0.29, 0.717) is 24.0 Å². The molecule has 1 aliphatic carbocycles. The number of sulfonamides is 1. The van der Waals surface area contributed by atoms with Crippen LogP contribution in [0.5, 0.6) is 0 Å². The molecule has 0 bridgehead atoms. The summed E-state index contributed by atoms with van der Waals surface area (Å²) in [5.74, 6) is 0.731. The molecule has 0 amide bonds. The Balaban J connectivity index is 1.42. The number of aryl methyl sites for hydroxylation is 2. The Hall–Kier alpha value is -1.64. The molecule has 8 heteroatoms. The lowest BCUT2D eigenvalue weighted by molar-refractivity contribution is 0.242. The Morgan fingerprint density at radius 1 is 1.17 bits per heavy atom. The second-order valence-corrected chi connectivity index (χ2v) is 9.96. The largest absolute Gasteiger partial charge is 0.355 e. The molecule has 0 radical (unpaired) electrons. The lowest BCUT2D eigenvalue weighted by Gasteiger charge is -2.24. The molecule has 0 aromatic heterocycles. The average Bonchev–Trinajstić information content (AvgIpc) is 3.37. The summed E-state index contributed by atoms with van der Waals surface area (Å²) in [5, 5.41) is 6.71. The first-order valence-electron chi connectivity index (χ1n) is 10.7. The molecule has 1 saturated carbocycles. The Kier molecular flexibility index (Phi) is 7.54. The van der Waals surface area contributed by atoms with Crippen LogP contribution >= 0.6 is 0 Å². The van der Waals surface area contributed by atoms with E-state index < -0.39 is 10.0 Å². The van der Waals surface area contributed by atoms with Gasteiger partial charge in [0.25, 0.3) is 0 Å². The molecular weight excluding hydrogens is 386 g/mol. The van der Waals surface area contributed by atoms with E-state index in [2.05, 4.69) is 25.2 Å². The number of guanidine groups is 1. The fourth-order valence-electron chi connectivity index (χ4n) is 4.34. The predicted octanol–water partition coefficient (Wildman–Crippen LogP) is 1.76. The number of nitrogens with zero attached hydrogens (tertiary/aromatic N) is 2. The SMILES string of the molecule is CN=C(NCCNS(=O)(=O)c1cc(C)ccc1C)NC1CCN(C2CCCC2)C1. The second-order valence-electron chi connectivity index (χ2n) is 8.23. The maximum Gasteiger partial charge on any atom is 0.240 e. The van der Waals surface area contributed by atoms with Gasteiger partial charge < -0.3 is 10.6 Å². The lowest BCUT2D eigenvalue weighted by atomic mass is 10.2. The molecule has 3 rings (SSSR count). The van der Waals surface area contributed by atoms with Gasteiger partial charge in [0.15, 0.2) is 5.96 Å². The van der Waals surface area contributed by atoms with Crippen LogP contribution < -0.4 is 15.4 Å². The zero-order valence-corrected chi connectivity index (χ0v) is 18.7. The molecule has 0 spiro atoms. The number of aliphatic imine (C=N–C) groups is 1. The highest BCUT2D eigenvalue weighted by Crippen LogP contribution is 2.26. The molecule has 1 saturated heterocycles. The first-order valence-corrected chi connectivity index (χ1v) is 12.2. The smallest absolute Gasteiger partial charge is 0.240 e. The molecule has 162 valence electrons. The van der Waals surface area contributed by atoms with Crippen molar-refractivity contribution in [1.82, 2.24) is 20.3 Å². The maximum absolute atomic E-state index is 12.6. The minimum Gasteiger partial charge on any atom is -0.355 e. The van der Waals surface area contributed by atoms with Crippen LogP contribution in [0.4, 0.5) is 0 Å². The number of likely N-dealkylation sites (tertiary alicyclic amines) is 1. The van der Waals surface area contributed by atoms with Crippen LogP contribution in [-0.4, -0.2) is 64.6 Å². The van der Waals surface area contributed by atoms with Gasteiger partial charge in [-0.05, 0) is 50.3 Å². The molecule has 1 atom stereocenters. The van der Waals surface area contributed by atoms with Crippen molar-refractivity contribution in [2.45, 2.75) is 62.9 Å². The number of rotatable bonds is 7. The summed E-state index contributed by atoms with van der Waals surface area (Å²) in [7, 11) is -1.76. The monoisotopic (exact) mass is 421 g/mol. The van der Waals surface area contributed by atoms with Crippen molar-refractivity contribution in [2.75, 3.05) is 33.2 Å². The van der Waals surface area contributed by atoms with E-state index >= 15 is 0 Å². The van der Waals surface area contributed by atoms with Gasteiger partial charge in [-0.15, -0.1) is 0 Å². The van der Waals surface area contributed by atoms with Gasteiger partial charge in [-0.3, -0.25) is 9.89 Å². The molecule has 1 unspecified atom stereocenters. The van der Waals surface area contributed by atoms with Crippen LogP contribution in [0.25, 0.3) is 0 Å². The van der Waals surface area contributed by atoms with Crippen LogP contribution in [0.2, 0.25) is 0 Å². The highest BCUT2D eigenvalue weighted by atomic mass is 32.2. The van der Waals surface area contributed by atoms with Gasteiger partial charge in [0.05, 0.1) is 4.90 Å². The third-order valence-corrected chi connectivity index (χ3v) is 7.57. The first kappa shape index (κ1) is 22.1. The van der Waals surface area contributed by atoms with Gasteiger partial charge in [-0.1, -0.05) is 25.0 Å². The van der Waals surface area contributed by atoms with Crippen molar-refractivity contribution in [1.29, 1.82) is 0 Å². The first-order chi connectivity index (χ1) is 13.9. The summed E-state index contributed by atoms with van der Waals surface area (Å²) in [5.41, 5.74) is 1.68. The van der Waals surface area contributed by atoms with Crippen LogP contribution in [0, 0.1) is 13.8 Å². The Morgan fingerprint density at radius 2 is 1.93 bits per heavy atom. The van der Waals surface area contributed by atoms with Gasteiger partial charge in [0.1, 0.15) is 0 Å². The molecule has 2 fully saturated rings. The summed E-state index contributed by atoms with van der Waals surface area (Å²) in [6.45, 7) is 6.69. The summed E-state index contributed by atoms with van der Waals surface area (Å²) >= 11 is 0. The van der Waals surface area contributed by atoms with Crippen LogP contribution in [0.3, 0.4) is 0 Å². The van der Waals surface area contributed by atoms with Crippen molar-refractivity contribution < 1.29 is 8.42 Å². The number of nitrogens with one attached hydrogen (secondary N) is 3. The quantitative estimate of drug-likeness (QED) is 0.355. The third kappa shape index (κ3) is 5.93. The molecule has 7 nitrogen and oxygen atoms in total. The minimum absolute atomic E-state index is 0.301. The topological polar surface area (TPSA) is 85.8 Å². The number of hydrogen-bond donors (Lipinski definition) is 3. The normalized spacial score (nSPS) is 21.6. The van der Waals surface area contributed by atoms with Crippen molar-refractivity contribution in [2.24, 2.45) is 4.99 Å². The van der Waals surface area contributed by atoms with E-state index in [-0.39, 0.29) is 0 Å². The molecule has 29 heavy (non-hydrogen) atoms. The second kappa shape index (κ2) is 9.91. The fourth-order valence-corrected chi connectivity index (χ4v) is 5.69. The van der Waals surface area contributed by atoms with E-state index in [9.17, 15) is 8.42 Å². The Labute approximate surface area is 175 Å². The van der Waals surface area contributed by atoms with E-state index in [0.717, 1.165) is 42.6 Å². The van der Waals surface area contributed by atoms with Gasteiger partial charge in [0, 0.05) is 45.3 Å². The van der Waals surface area contributed by atoms with Crippen LogP contribution in [-0.2, 0) is 10.0 Å². The molecule has 2 aliphatic rings. The van der Waals surface area contributed by atoms with Gasteiger partial charge in [0.2, 0.25) is 10.0 Å². The summed E-state index contributed by atoms with van der Waals surface area (Å²) in [6.07, 6.45) is 6.51.